The van der Waals surface area contributed by atoms with E-state index in [2.05, 4.69) is 0 Å². The number of phenolic OH excluding ortho intramolecular Hbond substituents is 1. The fourth-order valence-electron chi connectivity index (χ4n) is 2.00. The molecule has 0 aliphatic rings. The maximum Gasteiger partial charge on any atom is 0.243 e. The molecule has 4 nitrogen and oxygen atoms in total. The Kier molecular flexibility index (Phi) is 4.11. The molecule has 0 aliphatic carbocycles. The van der Waals surface area contributed by atoms with Crippen molar-refractivity contribution in [1.29, 1.82) is 0 Å². The number of aromatic hydroxyl groups is 1. The van der Waals surface area contributed by atoms with Crippen LogP contribution >= 0.6 is 0 Å². The third-order valence-electron chi connectivity index (χ3n) is 3.35. The van der Waals surface area contributed by atoms with Crippen molar-refractivity contribution in [1.82, 2.24) is 4.31 Å². The number of sulfonamides is 1. The summed E-state index contributed by atoms with van der Waals surface area (Å²) in [5.41, 5.74) is 0.578. The molecule has 0 saturated heterocycles. The lowest BCUT2D eigenvalue weighted by molar-refractivity contribution is 0.381. The Balaban J connectivity index is 2.37. The van der Waals surface area contributed by atoms with Crippen molar-refractivity contribution in [3.63, 3.8) is 0 Å². The van der Waals surface area contributed by atoms with Gasteiger partial charge in [-0.1, -0.05) is 36.4 Å². The summed E-state index contributed by atoms with van der Waals surface area (Å²) in [5.74, 6) is 0.0927. The number of nitrogens with zero attached hydrogens (tertiary/aromatic N) is 1. The molecule has 2 rings (SSSR count). The molecule has 2 aromatic carbocycles. The Labute approximate surface area is 119 Å². The first-order valence-electron chi connectivity index (χ1n) is 6.25. The van der Waals surface area contributed by atoms with Crippen molar-refractivity contribution in [3.05, 3.63) is 60.2 Å². The molecule has 0 bridgehead atoms. The van der Waals surface area contributed by atoms with Gasteiger partial charge < -0.3 is 5.11 Å². The van der Waals surface area contributed by atoms with E-state index in [1.807, 2.05) is 0 Å². The summed E-state index contributed by atoms with van der Waals surface area (Å²) in [7, 11) is -2.07. The van der Waals surface area contributed by atoms with Crippen LogP contribution in [0.25, 0.3) is 0 Å². The van der Waals surface area contributed by atoms with Crippen LogP contribution in [0.1, 0.15) is 18.5 Å². The third-order valence-corrected chi connectivity index (χ3v) is 5.29. The van der Waals surface area contributed by atoms with E-state index in [1.165, 1.54) is 11.4 Å². The van der Waals surface area contributed by atoms with E-state index >= 15 is 0 Å². The molecule has 5 heteroatoms. The maximum atomic E-state index is 12.5. The van der Waals surface area contributed by atoms with E-state index in [0.29, 0.717) is 5.56 Å². The minimum absolute atomic E-state index is 0.0927. The van der Waals surface area contributed by atoms with E-state index in [4.69, 9.17) is 0 Å². The summed E-state index contributed by atoms with van der Waals surface area (Å²) in [4.78, 5) is 0.241. The predicted molar refractivity (Wildman–Crippen MR) is 77.9 cm³/mol. The number of hydrogen-bond acceptors (Lipinski definition) is 3. The predicted octanol–water partition coefficient (Wildman–Crippen LogP) is 2.77. The molecule has 1 unspecified atom stereocenters. The molecule has 0 spiro atoms. The van der Waals surface area contributed by atoms with Crippen molar-refractivity contribution in [3.8, 4) is 5.75 Å². The summed E-state index contributed by atoms with van der Waals surface area (Å²) in [6.07, 6.45) is 0. The second-order valence-corrected chi connectivity index (χ2v) is 6.57. The standard InChI is InChI=1S/C15H17NO3S/c1-12(14-10-6-7-11-15(14)17)16(2)20(18,19)13-8-4-3-5-9-13/h3-12,17H,1-2H3. The van der Waals surface area contributed by atoms with E-state index in [-0.39, 0.29) is 10.6 Å². The van der Waals surface area contributed by atoms with Gasteiger partial charge in [-0.25, -0.2) is 8.42 Å². The normalized spacial score (nSPS) is 13.3. The van der Waals surface area contributed by atoms with Crippen LogP contribution in [0.5, 0.6) is 5.75 Å². The van der Waals surface area contributed by atoms with Crippen LogP contribution in [-0.4, -0.2) is 24.9 Å². The molecule has 2 aromatic rings. The summed E-state index contributed by atoms with van der Waals surface area (Å²) in [6, 6.07) is 14.5. The maximum absolute atomic E-state index is 12.5. The van der Waals surface area contributed by atoms with Crippen LogP contribution in [-0.2, 0) is 10.0 Å². The van der Waals surface area contributed by atoms with Crippen LogP contribution in [0.15, 0.2) is 59.5 Å². The van der Waals surface area contributed by atoms with Gasteiger partial charge in [-0.2, -0.15) is 4.31 Å². The summed E-state index contributed by atoms with van der Waals surface area (Å²) < 4.78 is 26.3. The van der Waals surface area contributed by atoms with Gasteiger partial charge in [0, 0.05) is 12.6 Å². The molecule has 0 saturated carbocycles. The van der Waals surface area contributed by atoms with Crippen LogP contribution in [0, 0.1) is 0 Å². The van der Waals surface area contributed by atoms with Gasteiger partial charge in [0.05, 0.1) is 10.9 Å². The first-order chi connectivity index (χ1) is 9.44. The van der Waals surface area contributed by atoms with Crippen LogP contribution in [0.2, 0.25) is 0 Å². The van der Waals surface area contributed by atoms with Gasteiger partial charge in [0.25, 0.3) is 0 Å². The van der Waals surface area contributed by atoms with Gasteiger partial charge in [0.2, 0.25) is 10.0 Å². The quantitative estimate of drug-likeness (QED) is 0.942. The average molecular weight is 291 g/mol. The number of para-hydroxylation sites is 1. The summed E-state index contributed by atoms with van der Waals surface area (Å²) in [5, 5.41) is 9.84. The largest absolute Gasteiger partial charge is 0.508 e. The monoisotopic (exact) mass is 291 g/mol. The highest BCUT2D eigenvalue weighted by atomic mass is 32.2. The SMILES string of the molecule is CC(c1ccccc1O)N(C)S(=O)(=O)c1ccccc1. The van der Waals surface area contributed by atoms with Gasteiger partial charge >= 0.3 is 0 Å². The molecule has 0 fully saturated rings. The Bertz CT molecular complexity index is 683. The highest BCUT2D eigenvalue weighted by molar-refractivity contribution is 7.89. The van der Waals surface area contributed by atoms with Gasteiger partial charge in [-0.3, -0.25) is 0 Å². The molecular formula is C15H17NO3S. The Hall–Kier alpha value is -1.85. The molecule has 0 amide bonds. The highest BCUT2D eigenvalue weighted by Crippen LogP contribution is 2.30. The van der Waals surface area contributed by atoms with Crippen molar-refractivity contribution < 1.29 is 13.5 Å². The smallest absolute Gasteiger partial charge is 0.243 e. The number of hydrogen-bond donors (Lipinski definition) is 1. The fourth-order valence-corrected chi connectivity index (χ4v) is 3.37. The minimum atomic E-state index is -3.58. The molecular weight excluding hydrogens is 274 g/mol. The van der Waals surface area contributed by atoms with E-state index in [0.717, 1.165) is 0 Å². The minimum Gasteiger partial charge on any atom is -0.508 e. The molecule has 1 atom stereocenters. The zero-order valence-electron chi connectivity index (χ0n) is 11.4. The fraction of sp³-hybridized carbons (Fsp3) is 0.200. The topological polar surface area (TPSA) is 57.6 Å². The highest BCUT2D eigenvalue weighted by Gasteiger charge is 2.27. The van der Waals surface area contributed by atoms with Crippen molar-refractivity contribution in [2.75, 3.05) is 7.05 Å². The van der Waals surface area contributed by atoms with Crippen LogP contribution < -0.4 is 0 Å². The number of phenols is 1. The van der Waals surface area contributed by atoms with Gasteiger partial charge in [0.15, 0.2) is 0 Å². The van der Waals surface area contributed by atoms with Crippen LogP contribution in [0.3, 0.4) is 0 Å². The lowest BCUT2D eigenvalue weighted by Gasteiger charge is -2.25. The molecule has 0 aliphatic heterocycles. The Morgan fingerprint density at radius 2 is 1.55 bits per heavy atom. The molecule has 0 radical (unpaired) electrons. The summed E-state index contributed by atoms with van der Waals surface area (Å²) >= 11 is 0. The van der Waals surface area contributed by atoms with E-state index in [1.54, 1.807) is 61.5 Å². The van der Waals surface area contributed by atoms with Crippen molar-refractivity contribution in [2.24, 2.45) is 0 Å². The van der Waals surface area contributed by atoms with Gasteiger partial charge in [-0.15, -0.1) is 0 Å². The lowest BCUT2D eigenvalue weighted by Crippen LogP contribution is -2.29. The molecule has 0 aromatic heterocycles. The molecule has 0 heterocycles. The van der Waals surface area contributed by atoms with E-state index in [9.17, 15) is 13.5 Å². The average Bonchev–Trinajstić information content (AvgIpc) is 2.47. The number of benzene rings is 2. The van der Waals surface area contributed by atoms with Crippen molar-refractivity contribution >= 4 is 10.0 Å². The van der Waals surface area contributed by atoms with Crippen LogP contribution in [0.4, 0.5) is 0 Å². The zero-order chi connectivity index (χ0) is 14.8. The second kappa shape index (κ2) is 5.64. The van der Waals surface area contributed by atoms with Crippen molar-refractivity contribution in [2.45, 2.75) is 17.9 Å². The summed E-state index contributed by atoms with van der Waals surface area (Å²) in [6.45, 7) is 1.75. The second-order valence-electron chi connectivity index (χ2n) is 4.57. The first-order valence-corrected chi connectivity index (χ1v) is 7.69. The lowest BCUT2D eigenvalue weighted by atomic mass is 10.1. The Morgan fingerprint density at radius 3 is 2.15 bits per heavy atom. The van der Waals surface area contributed by atoms with Gasteiger partial charge in [0.1, 0.15) is 5.75 Å². The molecule has 106 valence electrons. The first kappa shape index (κ1) is 14.6. The van der Waals surface area contributed by atoms with E-state index < -0.39 is 16.1 Å². The molecule has 20 heavy (non-hydrogen) atoms. The molecule has 1 N–H and O–H groups in total. The zero-order valence-corrected chi connectivity index (χ0v) is 12.2. The third kappa shape index (κ3) is 2.69. The Morgan fingerprint density at radius 1 is 1.00 bits per heavy atom. The van der Waals surface area contributed by atoms with Gasteiger partial charge in [-0.05, 0) is 25.1 Å². The number of rotatable bonds is 4.